The summed E-state index contributed by atoms with van der Waals surface area (Å²) in [6.45, 7) is 4.45. The molecule has 0 saturated carbocycles. The van der Waals surface area contributed by atoms with E-state index >= 15 is 0 Å². The highest BCUT2D eigenvalue weighted by Gasteiger charge is 2.17. The minimum absolute atomic E-state index is 0.100. The van der Waals surface area contributed by atoms with Gasteiger partial charge in [0.1, 0.15) is 0 Å². The molecule has 0 bridgehead atoms. The molecule has 1 aromatic carbocycles. The highest BCUT2D eigenvalue weighted by atomic mass is 79.9. The van der Waals surface area contributed by atoms with E-state index in [4.69, 9.17) is 0 Å². The Morgan fingerprint density at radius 3 is 2.71 bits per heavy atom. The molecule has 1 rings (SSSR count). The van der Waals surface area contributed by atoms with E-state index in [1.807, 2.05) is 6.92 Å². The van der Waals surface area contributed by atoms with Gasteiger partial charge in [0.25, 0.3) is 0 Å². The van der Waals surface area contributed by atoms with Crippen LogP contribution in [0, 0.1) is 23.5 Å². The van der Waals surface area contributed by atoms with Crippen molar-refractivity contribution in [2.45, 2.75) is 26.3 Å². The first-order chi connectivity index (χ1) is 8.11. The third-order valence-electron chi connectivity index (χ3n) is 2.37. The largest absolute Gasteiger partial charge is 0.309 e. The van der Waals surface area contributed by atoms with Crippen molar-refractivity contribution in [3.63, 3.8) is 0 Å². The Hall–Kier alpha value is -0.920. The van der Waals surface area contributed by atoms with Crippen LogP contribution in [-0.4, -0.2) is 6.54 Å². The normalized spacial score (nSPS) is 11.8. The molecule has 4 heteroatoms. The van der Waals surface area contributed by atoms with Crippen molar-refractivity contribution in [2.75, 3.05) is 6.54 Å². The lowest BCUT2D eigenvalue weighted by atomic mass is 10.0. The second-order valence-corrected chi connectivity index (χ2v) is 4.30. The summed E-state index contributed by atoms with van der Waals surface area (Å²) in [5.74, 6) is 4.04. The Bertz CT molecular complexity index is 449. The molecule has 1 atom stereocenters. The van der Waals surface area contributed by atoms with Crippen LogP contribution in [0.1, 0.15) is 31.9 Å². The van der Waals surface area contributed by atoms with E-state index in [9.17, 15) is 8.78 Å². The topological polar surface area (TPSA) is 12.0 Å². The number of benzene rings is 1. The van der Waals surface area contributed by atoms with E-state index < -0.39 is 11.6 Å². The van der Waals surface area contributed by atoms with Crippen LogP contribution in [-0.2, 0) is 0 Å². The maximum absolute atomic E-state index is 13.4. The van der Waals surface area contributed by atoms with Crippen LogP contribution in [0.3, 0.4) is 0 Å². The van der Waals surface area contributed by atoms with Crippen LogP contribution in [0.5, 0.6) is 0 Å². The molecule has 1 N–H and O–H groups in total. The maximum atomic E-state index is 13.4. The van der Waals surface area contributed by atoms with Crippen molar-refractivity contribution >= 4 is 15.9 Å². The summed E-state index contributed by atoms with van der Waals surface area (Å²) in [6.07, 6.45) is 0.564. The lowest BCUT2D eigenvalue weighted by Gasteiger charge is -2.17. The Morgan fingerprint density at radius 2 is 2.12 bits per heavy atom. The first-order valence-electron chi connectivity index (χ1n) is 5.38. The van der Waals surface area contributed by atoms with Crippen LogP contribution in [0.25, 0.3) is 0 Å². The van der Waals surface area contributed by atoms with Crippen LogP contribution in [0.4, 0.5) is 8.78 Å². The lowest BCUT2D eigenvalue weighted by Crippen LogP contribution is -2.21. The van der Waals surface area contributed by atoms with Gasteiger partial charge in [0.2, 0.25) is 0 Å². The van der Waals surface area contributed by atoms with Crippen molar-refractivity contribution in [3.8, 4) is 11.8 Å². The summed E-state index contributed by atoms with van der Waals surface area (Å²) in [5, 5.41) is 3.20. The minimum atomic E-state index is -0.852. The molecular weight excluding hydrogens is 288 g/mol. The van der Waals surface area contributed by atoms with Crippen molar-refractivity contribution < 1.29 is 8.78 Å². The summed E-state index contributed by atoms with van der Waals surface area (Å²) in [5.41, 5.74) is 0.688. The predicted molar refractivity (Wildman–Crippen MR) is 68.5 cm³/mol. The zero-order chi connectivity index (χ0) is 12.8. The van der Waals surface area contributed by atoms with Gasteiger partial charge in [0.15, 0.2) is 11.6 Å². The van der Waals surface area contributed by atoms with Crippen molar-refractivity contribution in [2.24, 2.45) is 0 Å². The molecule has 1 nitrogen and oxygen atoms in total. The maximum Gasteiger partial charge on any atom is 0.173 e. The van der Waals surface area contributed by atoms with Gasteiger partial charge in [-0.1, -0.05) is 13.0 Å². The fourth-order valence-corrected chi connectivity index (χ4v) is 2.15. The Labute approximate surface area is 109 Å². The monoisotopic (exact) mass is 301 g/mol. The first-order valence-corrected chi connectivity index (χ1v) is 6.17. The third kappa shape index (κ3) is 3.52. The second-order valence-electron chi connectivity index (χ2n) is 3.51. The molecule has 0 spiro atoms. The molecule has 0 fully saturated rings. The minimum Gasteiger partial charge on any atom is -0.309 e. The van der Waals surface area contributed by atoms with E-state index in [-0.39, 0.29) is 10.5 Å². The molecule has 0 aromatic heterocycles. The summed E-state index contributed by atoms with van der Waals surface area (Å²) < 4.78 is 26.6. The Balaban J connectivity index is 3.08. The van der Waals surface area contributed by atoms with Crippen molar-refractivity contribution in [1.82, 2.24) is 5.32 Å². The molecule has 0 aliphatic rings. The average molecular weight is 302 g/mol. The number of rotatable bonds is 4. The van der Waals surface area contributed by atoms with Gasteiger partial charge >= 0.3 is 0 Å². The van der Waals surface area contributed by atoms with Crippen LogP contribution in [0.15, 0.2) is 16.6 Å². The molecule has 0 heterocycles. The molecular formula is C13H14BrF2N. The number of halogens is 3. The van der Waals surface area contributed by atoms with Crippen LogP contribution in [0.2, 0.25) is 0 Å². The smallest absolute Gasteiger partial charge is 0.173 e. The molecule has 17 heavy (non-hydrogen) atoms. The Morgan fingerprint density at radius 1 is 1.41 bits per heavy atom. The Kier molecular flexibility index (Phi) is 5.60. The van der Waals surface area contributed by atoms with Gasteiger partial charge in [-0.25, -0.2) is 8.78 Å². The third-order valence-corrected chi connectivity index (χ3v) is 3.18. The molecule has 0 amide bonds. The van der Waals surface area contributed by atoms with Gasteiger partial charge in [0, 0.05) is 12.5 Å². The van der Waals surface area contributed by atoms with Crippen molar-refractivity contribution in [1.29, 1.82) is 0 Å². The van der Waals surface area contributed by atoms with E-state index in [1.54, 1.807) is 13.0 Å². The fraction of sp³-hybridized carbons (Fsp3) is 0.385. The van der Waals surface area contributed by atoms with Gasteiger partial charge in [0.05, 0.1) is 4.47 Å². The van der Waals surface area contributed by atoms with Crippen LogP contribution >= 0.6 is 15.9 Å². The van der Waals surface area contributed by atoms with E-state index in [2.05, 4.69) is 33.1 Å². The highest BCUT2D eigenvalue weighted by Crippen LogP contribution is 2.29. The van der Waals surface area contributed by atoms with E-state index in [1.165, 1.54) is 0 Å². The van der Waals surface area contributed by atoms with Crippen molar-refractivity contribution in [3.05, 3.63) is 33.8 Å². The van der Waals surface area contributed by atoms with Gasteiger partial charge in [-0.15, -0.1) is 11.8 Å². The zero-order valence-electron chi connectivity index (χ0n) is 9.78. The van der Waals surface area contributed by atoms with E-state index in [0.717, 1.165) is 12.6 Å². The second kappa shape index (κ2) is 6.73. The summed E-state index contributed by atoms with van der Waals surface area (Å²) >= 11 is 3.09. The summed E-state index contributed by atoms with van der Waals surface area (Å²) in [4.78, 5) is 0. The van der Waals surface area contributed by atoms with Gasteiger partial charge in [-0.05, 0) is 41.0 Å². The summed E-state index contributed by atoms with van der Waals surface area (Å²) in [6, 6.07) is 2.61. The van der Waals surface area contributed by atoms with E-state index in [0.29, 0.717) is 12.0 Å². The number of hydrogen-bond acceptors (Lipinski definition) is 1. The SMILES string of the molecule is CC#CCC(NCC)c1ccc(F)c(F)c1Br. The van der Waals surface area contributed by atoms with Crippen LogP contribution < -0.4 is 5.32 Å². The zero-order valence-corrected chi connectivity index (χ0v) is 11.4. The standard InChI is InChI=1S/C13H14BrF2N/c1-3-5-6-11(17-4-2)9-7-8-10(15)13(16)12(9)14/h7-8,11,17H,4,6H2,1-2H3. The molecule has 0 aliphatic heterocycles. The van der Waals surface area contributed by atoms with Gasteiger partial charge < -0.3 is 5.32 Å². The number of hydrogen-bond donors (Lipinski definition) is 1. The number of nitrogens with one attached hydrogen (secondary N) is 1. The lowest BCUT2D eigenvalue weighted by molar-refractivity contribution is 0.493. The molecule has 92 valence electrons. The quantitative estimate of drug-likeness (QED) is 0.659. The summed E-state index contributed by atoms with van der Waals surface area (Å²) in [7, 11) is 0. The highest BCUT2D eigenvalue weighted by molar-refractivity contribution is 9.10. The van der Waals surface area contributed by atoms with Gasteiger partial charge in [-0.2, -0.15) is 0 Å². The predicted octanol–water partition coefficient (Wildman–Crippen LogP) is 3.79. The average Bonchev–Trinajstić information content (AvgIpc) is 2.32. The molecule has 1 unspecified atom stereocenters. The molecule has 0 radical (unpaired) electrons. The molecule has 1 aromatic rings. The molecule has 0 aliphatic carbocycles. The fourth-order valence-electron chi connectivity index (χ4n) is 1.55. The van der Waals surface area contributed by atoms with Gasteiger partial charge in [-0.3, -0.25) is 0 Å². The first kappa shape index (κ1) is 14.1. The molecule has 0 saturated heterocycles.